The molecule has 0 fully saturated rings. The Morgan fingerprint density at radius 2 is 1.89 bits per heavy atom. The van der Waals surface area contributed by atoms with Crippen LogP contribution in [0.25, 0.3) is 11.8 Å². The molecule has 0 spiro atoms. The summed E-state index contributed by atoms with van der Waals surface area (Å²) < 4.78 is 3.22. The van der Waals surface area contributed by atoms with Gasteiger partial charge in [0.05, 0.1) is 11.3 Å². The zero-order valence-electron chi connectivity index (χ0n) is 10.7. The fourth-order valence-electron chi connectivity index (χ4n) is 1.94. The molecule has 1 aromatic carbocycles. The number of aromatic nitrogens is 2. The molecule has 98 valence electrons. The van der Waals surface area contributed by atoms with Gasteiger partial charge in [0, 0.05) is 18.8 Å². The van der Waals surface area contributed by atoms with Crippen LogP contribution in [-0.4, -0.2) is 20.4 Å². The van der Waals surface area contributed by atoms with E-state index in [0.29, 0.717) is 11.3 Å². The van der Waals surface area contributed by atoms with E-state index in [4.69, 9.17) is 5.11 Å². The number of hydrogen-bond donors (Lipinski definition) is 1. The Labute approximate surface area is 110 Å². The van der Waals surface area contributed by atoms with E-state index in [1.54, 1.807) is 18.7 Å². The lowest BCUT2D eigenvalue weighted by Gasteiger charge is -2.07. The second kappa shape index (κ2) is 4.97. The van der Waals surface area contributed by atoms with Gasteiger partial charge in [0.15, 0.2) is 0 Å². The quantitative estimate of drug-likeness (QED) is 0.850. The maximum Gasteiger partial charge on any atom is 0.328 e. The van der Waals surface area contributed by atoms with Gasteiger partial charge in [-0.1, -0.05) is 18.2 Å². The standard InChI is InChI=1S/C14H14N2O3/c1-10-12(8-9-13(17)18)14(19)16(15(10)2)11-6-4-3-5-7-11/h3-9H,1-2H3,(H,17,18)/b9-8+. The molecule has 2 rings (SSSR count). The second-order valence-corrected chi connectivity index (χ2v) is 4.15. The molecule has 0 atom stereocenters. The van der Waals surface area contributed by atoms with Crippen molar-refractivity contribution in [3.63, 3.8) is 0 Å². The molecule has 1 N–H and O–H groups in total. The third-order valence-electron chi connectivity index (χ3n) is 2.99. The van der Waals surface area contributed by atoms with Gasteiger partial charge in [0.1, 0.15) is 0 Å². The molecular formula is C14H14N2O3. The summed E-state index contributed by atoms with van der Waals surface area (Å²) in [7, 11) is 1.77. The summed E-state index contributed by atoms with van der Waals surface area (Å²) in [6.07, 6.45) is 2.30. The van der Waals surface area contributed by atoms with Crippen molar-refractivity contribution in [2.75, 3.05) is 0 Å². The van der Waals surface area contributed by atoms with Crippen molar-refractivity contribution in [3.05, 3.63) is 58.0 Å². The number of carboxylic acid groups (broad SMARTS) is 1. The summed E-state index contributed by atoms with van der Waals surface area (Å²) in [6.45, 7) is 1.78. The lowest BCUT2D eigenvalue weighted by molar-refractivity contribution is -0.131. The van der Waals surface area contributed by atoms with Crippen LogP contribution in [0.5, 0.6) is 0 Å². The SMILES string of the molecule is Cc1c(/C=C/C(=O)O)c(=O)n(-c2ccccc2)n1C. The van der Waals surface area contributed by atoms with E-state index in [1.807, 2.05) is 30.3 Å². The zero-order valence-corrected chi connectivity index (χ0v) is 10.7. The predicted molar refractivity (Wildman–Crippen MR) is 72.4 cm³/mol. The van der Waals surface area contributed by atoms with E-state index in [9.17, 15) is 9.59 Å². The molecule has 0 aliphatic carbocycles. The van der Waals surface area contributed by atoms with Gasteiger partial charge in [-0.3, -0.25) is 9.48 Å². The lowest BCUT2D eigenvalue weighted by atomic mass is 10.2. The topological polar surface area (TPSA) is 64.2 Å². The first-order valence-electron chi connectivity index (χ1n) is 5.77. The van der Waals surface area contributed by atoms with Gasteiger partial charge in [-0.25, -0.2) is 9.48 Å². The summed E-state index contributed by atoms with van der Waals surface area (Å²) in [4.78, 5) is 22.9. The van der Waals surface area contributed by atoms with Crippen LogP contribution in [0.3, 0.4) is 0 Å². The third-order valence-corrected chi connectivity index (χ3v) is 2.99. The van der Waals surface area contributed by atoms with Crippen molar-refractivity contribution >= 4 is 12.0 Å². The molecule has 0 aliphatic rings. The Morgan fingerprint density at radius 3 is 2.47 bits per heavy atom. The Balaban J connectivity index is 2.63. The van der Waals surface area contributed by atoms with E-state index in [2.05, 4.69) is 0 Å². The van der Waals surface area contributed by atoms with Crippen molar-refractivity contribution < 1.29 is 9.90 Å². The van der Waals surface area contributed by atoms with E-state index in [1.165, 1.54) is 10.8 Å². The average molecular weight is 258 g/mol. The summed E-state index contributed by atoms with van der Waals surface area (Å²) in [5, 5.41) is 8.65. The van der Waals surface area contributed by atoms with Gasteiger partial charge >= 0.3 is 5.97 Å². The Bertz CT molecular complexity index is 693. The largest absolute Gasteiger partial charge is 0.478 e. The van der Waals surface area contributed by atoms with E-state index in [0.717, 1.165) is 11.8 Å². The number of carbonyl (C=O) groups is 1. The Kier molecular flexibility index (Phi) is 3.37. The fourth-order valence-corrected chi connectivity index (χ4v) is 1.94. The minimum Gasteiger partial charge on any atom is -0.478 e. The van der Waals surface area contributed by atoms with Gasteiger partial charge in [-0.15, -0.1) is 0 Å². The molecule has 1 aromatic heterocycles. The second-order valence-electron chi connectivity index (χ2n) is 4.15. The minimum absolute atomic E-state index is 0.233. The number of rotatable bonds is 3. The van der Waals surface area contributed by atoms with Gasteiger partial charge in [0.2, 0.25) is 0 Å². The van der Waals surface area contributed by atoms with E-state index < -0.39 is 5.97 Å². The van der Waals surface area contributed by atoms with Crippen LogP contribution in [-0.2, 0) is 11.8 Å². The molecule has 0 amide bonds. The minimum atomic E-state index is -1.08. The maximum atomic E-state index is 12.3. The highest BCUT2D eigenvalue weighted by atomic mass is 16.4. The van der Waals surface area contributed by atoms with Crippen LogP contribution in [0.1, 0.15) is 11.3 Å². The first-order chi connectivity index (χ1) is 9.02. The number of benzene rings is 1. The Morgan fingerprint density at radius 1 is 1.26 bits per heavy atom. The molecule has 0 bridgehead atoms. The first-order valence-corrected chi connectivity index (χ1v) is 5.77. The van der Waals surface area contributed by atoms with Crippen LogP contribution < -0.4 is 5.56 Å². The van der Waals surface area contributed by atoms with Crippen molar-refractivity contribution in [3.8, 4) is 5.69 Å². The third kappa shape index (κ3) is 2.35. The van der Waals surface area contributed by atoms with Crippen LogP contribution in [0.2, 0.25) is 0 Å². The molecule has 0 radical (unpaired) electrons. The van der Waals surface area contributed by atoms with Crippen LogP contribution in [0.4, 0.5) is 0 Å². The summed E-state index contributed by atoms with van der Waals surface area (Å²) in [6, 6.07) is 9.21. The maximum absolute atomic E-state index is 12.3. The van der Waals surface area contributed by atoms with Gasteiger partial charge in [-0.05, 0) is 25.1 Å². The number of para-hydroxylation sites is 1. The average Bonchev–Trinajstić information content (AvgIpc) is 2.59. The van der Waals surface area contributed by atoms with Crippen molar-refractivity contribution in [1.29, 1.82) is 0 Å². The van der Waals surface area contributed by atoms with Gasteiger partial charge in [0.25, 0.3) is 5.56 Å². The lowest BCUT2D eigenvalue weighted by Crippen LogP contribution is -2.20. The molecule has 5 nitrogen and oxygen atoms in total. The number of carboxylic acids is 1. The van der Waals surface area contributed by atoms with Crippen molar-refractivity contribution in [1.82, 2.24) is 9.36 Å². The monoisotopic (exact) mass is 258 g/mol. The molecule has 0 saturated heterocycles. The molecule has 0 unspecified atom stereocenters. The molecule has 19 heavy (non-hydrogen) atoms. The molecule has 0 aliphatic heterocycles. The summed E-state index contributed by atoms with van der Waals surface area (Å²) in [5.74, 6) is -1.08. The highest BCUT2D eigenvalue weighted by molar-refractivity contribution is 5.85. The van der Waals surface area contributed by atoms with Crippen molar-refractivity contribution in [2.45, 2.75) is 6.92 Å². The molecular weight excluding hydrogens is 244 g/mol. The smallest absolute Gasteiger partial charge is 0.328 e. The van der Waals surface area contributed by atoms with Gasteiger partial charge in [-0.2, -0.15) is 0 Å². The predicted octanol–water partition coefficient (Wildman–Crippen LogP) is 1.58. The molecule has 2 aromatic rings. The highest BCUT2D eigenvalue weighted by Crippen LogP contribution is 2.10. The van der Waals surface area contributed by atoms with Crippen LogP contribution >= 0.6 is 0 Å². The molecule has 0 saturated carbocycles. The molecule has 1 heterocycles. The van der Waals surface area contributed by atoms with Crippen LogP contribution in [0, 0.1) is 6.92 Å². The number of aliphatic carboxylic acids is 1. The first kappa shape index (κ1) is 12.9. The normalized spacial score (nSPS) is 11.1. The van der Waals surface area contributed by atoms with Crippen molar-refractivity contribution in [2.24, 2.45) is 7.05 Å². The fraction of sp³-hybridized carbons (Fsp3) is 0.143. The zero-order chi connectivity index (χ0) is 14.0. The Hall–Kier alpha value is -2.56. The van der Waals surface area contributed by atoms with E-state index >= 15 is 0 Å². The number of hydrogen-bond acceptors (Lipinski definition) is 2. The summed E-state index contributed by atoms with van der Waals surface area (Å²) in [5.41, 5.74) is 1.61. The molecule has 5 heteroatoms. The van der Waals surface area contributed by atoms with E-state index in [-0.39, 0.29) is 5.56 Å². The number of nitrogens with zero attached hydrogens (tertiary/aromatic N) is 2. The summed E-state index contributed by atoms with van der Waals surface area (Å²) >= 11 is 0. The van der Waals surface area contributed by atoms with Gasteiger partial charge < -0.3 is 5.11 Å². The van der Waals surface area contributed by atoms with Crippen LogP contribution in [0.15, 0.2) is 41.2 Å². The highest BCUT2D eigenvalue weighted by Gasteiger charge is 2.13.